The van der Waals surface area contributed by atoms with Gasteiger partial charge in [-0.05, 0) is 30.0 Å². The van der Waals surface area contributed by atoms with Gasteiger partial charge < -0.3 is 4.74 Å². The highest BCUT2D eigenvalue weighted by Crippen LogP contribution is 2.22. The predicted molar refractivity (Wildman–Crippen MR) is 70.5 cm³/mol. The maximum atomic E-state index is 12.0. The fraction of sp³-hybridized carbons (Fsp3) is 0.533. The average molecular weight is 234 g/mol. The first kappa shape index (κ1) is 13.8. The van der Waals surface area contributed by atoms with Crippen LogP contribution in [0.4, 0.5) is 0 Å². The lowest BCUT2D eigenvalue weighted by Gasteiger charge is -2.12. The molecule has 0 saturated heterocycles. The Labute approximate surface area is 104 Å². The second kappa shape index (κ2) is 6.43. The first-order valence-electron chi connectivity index (χ1n) is 6.21. The number of ketones is 1. The molecule has 0 aromatic heterocycles. The van der Waals surface area contributed by atoms with Crippen LogP contribution in [0, 0.1) is 5.92 Å². The Bertz CT molecular complexity index is 352. The van der Waals surface area contributed by atoms with Gasteiger partial charge in [0.1, 0.15) is 11.5 Å². The molecule has 0 bridgehead atoms. The molecular weight excluding hydrogens is 212 g/mol. The van der Waals surface area contributed by atoms with Crippen LogP contribution in [-0.2, 0) is 4.79 Å². The summed E-state index contributed by atoms with van der Waals surface area (Å²) in [5.74, 6) is 1.72. The van der Waals surface area contributed by atoms with Crippen molar-refractivity contribution in [3.05, 3.63) is 29.8 Å². The lowest BCUT2D eigenvalue weighted by Crippen LogP contribution is -2.10. The smallest absolute Gasteiger partial charge is 0.140 e. The van der Waals surface area contributed by atoms with Gasteiger partial charge in [-0.1, -0.05) is 32.9 Å². The molecule has 1 aromatic carbocycles. The number of ether oxygens (including phenoxy) is 1. The van der Waals surface area contributed by atoms with Gasteiger partial charge in [0.2, 0.25) is 0 Å². The zero-order valence-corrected chi connectivity index (χ0v) is 11.2. The van der Waals surface area contributed by atoms with Crippen LogP contribution in [0.15, 0.2) is 24.3 Å². The van der Waals surface area contributed by atoms with E-state index in [0.717, 1.165) is 17.7 Å². The van der Waals surface area contributed by atoms with Crippen LogP contribution in [0.5, 0.6) is 5.75 Å². The van der Waals surface area contributed by atoms with Crippen molar-refractivity contribution in [1.82, 2.24) is 0 Å². The number of Topliss-reactive ketones (excluding diaryl/α,β-unsaturated/α-hetero) is 1. The number of hydrogen-bond donors (Lipinski definition) is 0. The zero-order chi connectivity index (χ0) is 12.8. The third-order valence-corrected chi connectivity index (χ3v) is 3.07. The van der Waals surface area contributed by atoms with Crippen molar-refractivity contribution in [3.8, 4) is 5.75 Å². The molecule has 0 aliphatic rings. The molecule has 0 N–H and O–H groups in total. The fourth-order valence-corrected chi connectivity index (χ4v) is 1.73. The summed E-state index contributed by atoms with van der Waals surface area (Å²) in [6.07, 6.45) is 1.64. The highest BCUT2D eigenvalue weighted by Gasteiger charge is 2.15. The standard InChI is InChI=1S/C15H22O2/c1-11(2)5-10-15(16)12(3)13-6-8-14(17-4)9-7-13/h6-9,11-12H,5,10H2,1-4H3/t12-/m0/s1. The van der Waals surface area contributed by atoms with Crippen LogP contribution in [0.3, 0.4) is 0 Å². The second-order valence-electron chi connectivity index (χ2n) is 4.89. The van der Waals surface area contributed by atoms with E-state index < -0.39 is 0 Å². The van der Waals surface area contributed by atoms with Crippen molar-refractivity contribution in [2.24, 2.45) is 5.92 Å². The lowest BCUT2D eigenvalue weighted by atomic mass is 9.92. The molecule has 0 radical (unpaired) electrons. The molecule has 0 saturated carbocycles. The quantitative estimate of drug-likeness (QED) is 0.748. The summed E-state index contributed by atoms with van der Waals surface area (Å²) in [5.41, 5.74) is 1.07. The molecule has 1 atom stereocenters. The largest absolute Gasteiger partial charge is 0.497 e. The van der Waals surface area contributed by atoms with Crippen molar-refractivity contribution < 1.29 is 9.53 Å². The van der Waals surface area contributed by atoms with Gasteiger partial charge in [-0.15, -0.1) is 0 Å². The van der Waals surface area contributed by atoms with Gasteiger partial charge in [0.15, 0.2) is 0 Å². The molecule has 0 heterocycles. The second-order valence-corrected chi connectivity index (χ2v) is 4.89. The summed E-state index contributed by atoms with van der Waals surface area (Å²) in [6.45, 7) is 6.27. The molecule has 2 heteroatoms. The van der Waals surface area contributed by atoms with Gasteiger partial charge in [0.25, 0.3) is 0 Å². The molecule has 2 nitrogen and oxygen atoms in total. The number of hydrogen-bond acceptors (Lipinski definition) is 2. The molecule has 0 aliphatic heterocycles. The molecule has 0 spiro atoms. The number of carbonyl (C=O) groups is 1. The van der Waals surface area contributed by atoms with E-state index in [9.17, 15) is 4.79 Å². The Morgan fingerprint density at radius 2 is 1.76 bits per heavy atom. The van der Waals surface area contributed by atoms with E-state index in [4.69, 9.17) is 4.74 Å². The summed E-state index contributed by atoms with van der Waals surface area (Å²) in [5, 5.41) is 0. The van der Waals surface area contributed by atoms with Crippen LogP contribution in [0.25, 0.3) is 0 Å². The van der Waals surface area contributed by atoms with E-state index in [2.05, 4.69) is 13.8 Å². The monoisotopic (exact) mass is 234 g/mol. The first-order valence-corrected chi connectivity index (χ1v) is 6.21. The van der Waals surface area contributed by atoms with Crippen molar-refractivity contribution >= 4 is 5.78 Å². The Balaban J connectivity index is 2.61. The molecular formula is C15H22O2. The van der Waals surface area contributed by atoms with Crippen molar-refractivity contribution in [1.29, 1.82) is 0 Å². The fourth-order valence-electron chi connectivity index (χ4n) is 1.73. The topological polar surface area (TPSA) is 26.3 Å². The van der Waals surface area contributed by atoms with Gasteiger partial charge in [-0.25, -0.2) is 0 Å². The Morgan fingerprint density at radius 1 is 1.18 bits per heavy atom. The van der Waals surface area contributed by atoms with Crippen LogP contribution >= 0.6 is 0 Å². The van der Waals surface area contributed by atoms with Crippen molar-refractivity contribution in [3.63, 3.8) is 0 Å². The average Bonchev–Trinajstić information content (AvgIpc) is 2.35. The van der Waals surface area contributed by atoms with E-state index >= 15 is 0 Å². The molecule has 0 aliphatic carbocycles. The van der Waals surface area contributed by atoms with Crippen LogP contribution < -0.4 is 4.74 Å². The van der Waals surface area contributed by atoms with Crippen molar-refractivity contribution in [2.45, 2.75) is 39.5 Å². The van der Waals surface area contributed by atoms with Gasteiger partial charge >= 0.3 is 0 Å². The minimum Gasteiger partial charge on any atom is -0.497 e. The molecule has 1 aromatic rings. The maximum Gasteiger partial charge on any atom is 0.140 e. The molecule has 94 valence electrons. The third kappa shape index (κ3) is 4.22. The van der Waals surface area contributed by atoms with Gasteiger partial charge in [-0.3, -0.25) is 4.79 Å². The summed E-state index contributed by atoms with van der Waals surface area (Å²) in [4.78, 5) is 12.0. The summed E-state index contributed by atoms with van der Waals surface area (Å²) < 4.78 is 5.10. The van der Waals surface area contributed by atoms with E-state index in [-0.39, 0.29) is 5.92 Å². The Kier molecular flexibility index (Phi) is 5.20. The minimum atomic E-state index is -0.0142. The minimum absolute atomic E-state index is 0.0142. The lowest BCUT2D eigenvalue weighted by molar-refractivity contribution is -0.120. The molecule has 0 amide bonds. The highest BCUT2D eigenvalue weighted by atomic mass is 16.5. The zero-order valence-electron chi connectivity index (χ0n) is 11.2. The summed E-state index contributed by atoms with van der Waals surface area (Å²) in [6, 6.07) is 7.75. The number of rotatable bonds is 6. The van der Waals surface area contributed by atoms with Crippen LogP contribution in [-0.4, -0.2) is 12.9 Å². The number of carbonyl (C=O) groups excluding carboxylic acids is 1. The Morgan fingerprint density at radius 3 is 2.24 bits per heavy atom. The Hall–Kier alpha value is -1.31. The van der Waals surface area contributed by atoms with Crippen LogP contribution in [0.2, 0.25) is 0 Å². The number of benzene rings is 1. The van der Waals surface area contributed by atoms with Gasteiger partial charge in [0.05, 0.1) is 7.11 Å². The highest BCUT2D eigenvalue weighted by molar-refractivity contribution is 5.85. The van der Waals surface area contributed by atoms with Crippen molar-refractivity contribution in [2.75, 3.05) is 7.11 Å². The van der Waals surface area contributed by atoms with E-state index in [1.807, 2.05) is 31.2 Å². The van der Waals surface area contributed by atoms with E-state index in [0.29, 0.717) is 18.1 Å². The molecule has 17 heavy (non-hydrogen) atoms. The normalized spacial score (nSPS) is 12.5. The van der Waals surface area contributed by atoms with Gasteiger partial charge in [0, 0.05) is 12.3 Å². The summed E-state index contributed by atoms with van der Waals surface area (Å²) >= 11 is 0. The first-order chi connectivity index (χ1) is 8.04. The summed E-state index contributed by atoms with van der Waals surface area (Å²) in [7, 11) is 1.65. The van der Waals surface area contributed by atoms with E-state index in [1.54, 1.807) is 7.11 Å². The predicted octanol–water partition coefficient (Wildman–Crippen LogP) is 3.80. The SMILES string of the molecule is COc1ccc([C@H](C)C(=O)CCC(C)C)cc1. The van der Waals surface area contributed by atoms with Crippen LogP contribution in [0.1, 0.15) is 45.1 Å². The van der Waals surface area contributed by atoms with E-state index in [1.165, 1.54) is 0 Å². The van der Waals surface area contributed by atoms with Gasteiger partial charge in [-0.2, -0.15) is 0 Å². The maximum absolute atomic E-state index is 12.0. The molecule has 1 rings (SSSR count). The number of methoxy groups -OCH3 is 1. The third-order valence-electron chi connectivity index (χ3n) is 3.07. The molecule has 0 unspecified atom stereocenters. The molecule has 0 fully saturated rings.